The zero-order valence-corrected chi connectivity index (χ0v) is 34.8. The van der Waals surface area contributed by atoms with Gasteiger partial charge in [0.2, 0.25) is 17.7 Å². The highest BCUT2D eigenvalue weighted by Crippen LogP contribution is 2.43. The number of carbonyl (C=O) groups excluding carboxylic acids is 4. The molecular weight excluding hydrogens is 805 g/mol. The molecule has 0 aromatic heterocycles. The number of nitrogens with zero attached hydrogens (tertiary/aromatic N) is 5. The van der Waals surface area contributed by atoms with Gasteiger partial charge >= 0.3 is 6.18 Å². The molecule has 60 heavy (non-hydrogen) atoms. The van der Waals surface area contributed by atoms with Crippen LogP contribution < -0.4 is 30.5 Å². The maximum atomic E-state index is 14.5. The van der Waals surface area contributed by atoms with Crippen LogP contribution in [0.1, 0.15) is 64.2 Å². The number of hydrogen-bond donors (Lipinski definition) is 4. The Hall–Kier alpha value is -5.38. The number of thiol groups is 1. The first-order chi connectivity index (χ1) is 28.2. The van der Waals surface area contributed by atoms with Gasteiger partial charge in [0.15, 0.2) is 5.50 Å². The number of halogens is 4. The zero-order valence-electron chi connectivity index (χ0n) is 34.0. The Balaban J connectivity index is 1.04. The molecule has 2 atom stereocenters. The Labute approximate surface area is 351 Å². The summed E-state index contributed by atoms with van der Waals surface area (Å²) in [6.07, 6.45) is -3.76. The van der Waals surface area contributed by atoms with Gasteiger partial charge in [-0.25, -0.2) is 4.39 Å². The van der Waals surface area contributed by atoms with E-state index >= 15 is 0 Å². The summed E-state index contributed by atoms with van der Waals surface area (Å²) in [5.74, 6) is -1.57. The predicted molar refractivity (Wildman–Crippen MR) is 221 cm³/mol. The number of alkyl halides is 3. The Morgan fingerprint density at radius 2 is 1.73 bits per heavy atom. The van der Waals surface area contributed by atoms with Crippen molar-refractivity contribution in [3.8, 4) is 11.8 Å². The largest absolute Gasteiger partial charge is 0.492 e. The van der Waals surface area contributed by atoms with Crippen LogP contribution in [-0.2, 0) is 31.8 Å². The lowest BCUT2D eigenvalue weighted by Crippen LogP contribution is -2.61. The number of nitriles is 1. The number of nitrogens with one attached hydrogen (secondary N) is 3. The molecule has 3 heterocycles. The van der Waals surface area contributed by atoms with Crippen LogP contribution in [0, 0.1) is 17.1 Å². The quantitative estimate of drug-likeness (QED) is 0.101. The van der Waals surface area contributed by atoms with E-state index in [2.05, 4.69) is 25.8 Å². The first-order valence-electron chi connectivity index (χ1n) is 19.6. The molecule has 3 N–H and O–H groups in total. The molecule has 6 rings (SSSR count). The molecule has 0 radical (unpaired) electrons. The van der Waals surface area contributed by atoms with E-state index in [0.29, 0.717) is 56.3 Å². The van der Waals surface area contributed by atoms with Crippen molar-refractivity contribution in [3.63, 3.8) is 0 Å². The monoisotopic (exact) mass is 852 g/mol. The second-order valence-corrected chi connectivity index (χ2v) is 16.7. The first kappa shape index (κ1) is 44.2. The Bertz CT molecular complexity index is 2210. The first-order valence-corrected chi connectivity index (χ1v) is 20.1. The van der Waals surface area contributed by atoms with Crippen LogP contribution in [0.25, 0.3) is 0 Å². The van der Waals surface area contributed by atoms with Crippen molar-refractivity contribution in [2.24, 2.45) is 0 Å². The van der Waals surface area contributed by atoms with E-state index in [1.165, 1.54) is 23.1 Å². The van der Waals surface area contributed by atoms with Crippen molar-refractivity contribution in [1.29, 1.82) is 5.26 Å². The topological polar surface area (TPSA) is 150 Å². The smallest absolute Gasteiger partial charge is 0.417 e. The second kappa shape index (κ2) is 17.3. The number of ether oxygens (including phenoxy) is 1. The molecule has 3 aliphatic rings. The van der Waals surface area contributed by atoms with Crippen molar-refractivity contribution in [1.82, 2.24) is 15.1 Å². The third kappa shape index (κ3) is 9.48. The van der Waals surface area contributed by atoms with E-state index in [9.17, 15) is 42.0 Å². The summed E-state index contributed by atoms with van der Waals surface area (Å²) < 4.78 is 62.2. The molecule has 0 saturated carbocycles. The van der Waals surface area contributed by atoms with Crippen molar-refractivity contribution in [3.05, 3.63) is 77.1 Å². The Kier molecular flexibility index (Phi) is 12.7. The maximum Gasteiger partial charge on any atom is 0.417 e. The molecule has 0 aliphatic carbocycles. The van der Waals surface area contributed by atoms with Gasteiger partial charge in [-0.15, -0.1) is 12.6 Å². The van der Waals surface area contributed by atoms with Crippen molar-refractivity contribution in [2.75, 3.05) is 59.8 Å². The predicted octanol–water partition coefficient (Wildman–Crippen LogP) is 5.75. The van der Waals surface area contributed by atoms with Crippen LogP contribution >= 0.6 is 12.6 Å². The van der Waals surface area contributed by atoms with Crippen molar-refractivity contribution in [2.45, 2.75) is 82.7 Å². The molecule has 3 fully saturated rings. The highest BCUT2D eigenvalue weighted by atomic mass is 32.1. The van der Waals surface area contributed by atoms with Gasteiger partial charge in [-0.2, -0.15) is 18.4 Å². The summed E-state index contributed by atoms with van der Waals surface area (Å²) in [7, 11) is 0. The average molecular weight is 853 g/mol. The van der Waals surface area contributed by atoms with Gasteiger partial charge in [0.25, 0.3) is 5.91 Å². The number of aryl methyl sites for hydroxylation is 1. The minimum absolute atomic E-state index is 0.0228. The van der Waals surface area contributed by atoms with Crippen LogP contribution in [0.5, 0.6) is 5.75 Å². The summed E-state index contributed by atoms with van der Waals surface area (Å²) >= 11 is 4.72. The number of piperazine rings is 1. The maximum absolute atomic E-state index is 14.5. The number of piperidine rings is 1. The lowest BCUT2D eigenvalue weighted by Gasteiger charge is -2.46. The fourth-order valence-corrected chi connectivity index (χ4v) is 8.63. The average Bonchev–Trinajstić information content (AvgIpc) is 3.34. The number of anilines is 4. The molecule has 0 bridgehead atoms. The molecule has 4 amide bonds. The number of imide groups is 1. The Morgan fingerprint density at radius 1 is 1.02 bits per heavy atom. The number of hydrogen-bond acceptors (Lipinski definition) is 11. The van der Waals surface area contributed by atoms with Crippen LogP contribution in [-0.4, -0.2) is 95.4 Å². The zero-order chi connectivity index (χ0) is 43.7. The second-order valence-electron chi connectivity index (χ2n) is 16.2. The third-order valence-electron chi connectivity index (χ3n) is 11.1. The molecule has 3 saturated heterocycles. The molecular formula is C42H48F4N8O5S. The fourth-order valence-electron chi connectivity index (χ4n) is 7.97. The standard InChI is InChI=1S/C42H48F4N8O5S/c1-6-25-17-31(54-39(60)53(38(58)41(54,4)5)30-8-7-26(22-47)32(21-30)42(44,45)46)9-11-34(25)59-16-15-51-13-14-52(40(2,3)24-51)23-36(56)49-29-19-27(43)18-28(20-29)48-33-10-12-35(55)50-37(33)57/h7-9,11,17-21,33,39,48,60H,6,10,12-16,23-24H2,1-5H3,(H,49,56)(H,50,55,57). The van der Waals surface area contributed by atoms with E-state index in [0.717, 1.165) is 17.7 Å². The van der Waals surface area contributed by atoms with E-state index in [1.54, 1.807) is 36.9 Å². The van der Waals surface area contributed by atoms with Gasteiger partial charge in [-0.05, 0) is 101 Å². The fraction of sp³-hybridized carbons (Fsp3) is 0.452. The molecule has 2 unspecified atom stereocenters. The van der Waals surface area contributed by atoms with Crippen molar-refractivity contribution < 1.29 is 41.5 Å². The lowest BCUT2D eigenvalue weighted by molar-refractivity contribution is -0.138. The molecule has 3 aromatic carbocycles. The number of benzene rings is 3. The van der Waals surface area contributed by atoms with Crippen LogP contribution in [0.3, 0.4) is 0 Å². The minimum Gasteiger partial charge on any atom is -0.492 e. The van der Waals surface area contributed by atoms with E-state index in [-0.39, 0.29) is 42.6 Å². The van der Waals surface area contributed by atoms with Gasteiger partial charge in [-0.1, -0.05) is 6.92 Å². The highest BCUT2D eigenvalue weighted by molar-refractivity contribution is 7.81. The highest BCUT2D eigenvalue weighted by Gasteiger charge is 2.52. The van der Waals surface area contributed by atoms with E-state index in [4.69, 9.17) is 17.4 Å². The summed E-state index contributed by atoms with van der Waals surface area (Å²) in [5.41, 5.74) is -2.18. The number of amides is 4. The molecule has 0 spiro atoms. The number of carbonyl (C=O) groups is 4. The van der Waals surface area contributed by atoms with Gasteiger partial charge in [0.05, 0.1) is 23.7 Å². The minimum atomic E-state index is -4.79. The van der Waals surface area contributed by atoms with E-state index in [1.807, 2.05) is 32.9 Å². The number of rotatable bonds is 12. The van der Waals surface area contributed by atoms with Crippen LogP contribution in [0.15, 0.2) is 54.6 Å². The molecule has 3 aromatic rings. The summed E-state index contributed by atoms with van der Waals surface area (Å²) in [6.45, 7) is 12.4. The summed E-state index contributed by atoms with van der Waals surface area (Å²) in [6, 6.07) is 13.5. The summed E-state index contributed by atoms with van der Waals surface area (Å²) in [4.78, 5) is 57.8. The SMILES string of the molecule is CCc1cc(N2C(S)N(c3ccc(C#N)c(C(F)(F)F)c3)C(=O)C2(C)C)ccc1OCCN1CCN(CC(=O)Nc2cc(F)cc(NC3CCC(=O)NC3=O)c2)C(C)(C)C1. The molecule has 18 heteroatoms. The van der Waals surface area contributed by atoms with Crippen LogP contribution in [0.2, 0.25) is 0 Å². The van der Waals surface area contributed by atoms with Crippen LogP contribution in [0.4, 0.5) is 40.3 Å². The molecule has 3 aliphatic heterocycles. The van der Waals surface area contributed by atoms with Gasteiger partial charge in [0.1, 0.15) is 29.8 Å². The summed E-state index contributed by atoms with van der Waals surface area (Å²) in [5, 5.41) is 17.2. The van der Waals surface area contributed by atoms with Gasteiger partial charge in [0, 0.05) is 60.9 Å². The van der Waals surface area contributed by atoms with E-state index < -0.39 is 57.6 Å². The normalized spacial score (nSPS) is 20.8. The lowest BCUT2D eigenvalue weighted by atomic mass is 9.98. The molecule has 13 nitrogen and oxygen atoms in total. The Morgan fingerprint density at radius 3 is 2.40 bits per heavy atom. The van der Waals surface area contributed by atoms with Crippen molar-refractivity contribution >= 4 is 59.0 Å². The van der Waals surface area contributed by atoms with Gasteiger partial charge < -0.3 is 20.3 Å². The van der Waals surface area contributed by atoms with Gasteiger partial charge in [-0.3, -0.25) is 39.2 Å². The third-order valence-corrected chi connectivity index (χ3v) is 11.6. The molecule has 320 valence electrons.